The average Bonchev–Trinajstić information content (AvgIpc) is 1.37. The topological polar surface area (TPSA) is 0 Å². The molecular weight excluding hydrogens is 84.2 g/mol. The molecule has 2 heteroatoms. The third kappa shape index (κ3) is 2.44. The van der Waals surface area contributed by atoms with Gasteiger partial charge >= 0.3 is 0 Å². The molecule has 0 unspecified atom stereocenters. The second-order valence-corrected chi connectivity index (χ2v) is 2.34. The predicted molar refractivity (Wildman–Crippen MR) is 28.1 cm³/mol. The van der Waals surface area contributed by atoms with Gasteiger partial charge in [0.15, 0.2) is 0 Å². The molecule has 0 atom stereocenters. The molecule has 0 amide bonds. The molecule has 4 heavy (non-hydrogen) atoms. The van der Waals surface area contributed by atoms with Gasteiger partial charge in [0.2, 0.25) is 0 Å². The molecule has 0 saturated heterocycles. The predicted octanol–water partition coefficient (Wildman–Crippen LogP) is 0.160. The molecule has 0 heterocycles. The first-order chi connectivity index (χ1) is 1.91. The summed E-state index contributed by atoms with van der Waals surface area (Å²) in [7, 11) is 0.522. The Bertz CT molecular complexity index is 21.2. The van der Waals surface area contributed by atoms with E-state index >= 15 is 0 Å². The minimum atomic E-state index is 0.522. The van der Waals surface area contributed by atoms with Gasteiger partial charge in [-0.25, -0.2) is 0 Å². The minimum Gasteiger partial charge on any atom is -0.157 e. The van der Waals surface area contributed by atoms with Crippen LogP contribution < -0.4 is 0 Å². The highest BCUT2D eigenvalue weighted by Crippen LogP contribution is 1.45. The van der Waals surface area contributed by atoms with E-state index in [0.29, 0.717) is 9.13 Å². The number of thiol groups is 1. The van der Waals surface area contributed by atoms with Gasteiger partial charge in [-0.05, 0) is 9.13 Å². The lowest BCUT2D eigenvalue weighted by Gasteiger charge is -1.47. The Morgan fingerprint density at radius 3 is 2.25 bits per heavy atom. The Hall–Kier alpha value is 0.437. The quantitative estimate of drug-likeness (QED) is 0.318. The van der Waals surface area contributed by atoms with E-state index in [2.05, 4.69) is 19.2 Å². The molecule has 0 aliphatic carbocycles. The van der Waals surface area contributed by atoms with Crippen molar-refractivity contribution in [3.8, 4) is 0 Å². The van der Waals surface area contributed by atoms with E-state index in [1.807, 2.05) is 5.00 Å². The molecule has 0 aromatic heterocycles. The minimum absolute atomic E-state index is 0.522. The molecule has 0 radical (unpaired) electrons. The molecule has 0 spiro atoms. The van der Waals surface area contributed by atoms with E-state index < -0.39 is 0 Å². The first-order valence-electron chi connectivity index (χ1n) is 1.17. The van der Waals surface area contributed by atoms with Crippen molar-refractivity contribution in [3.05, 3.63) is 0 Å². The molecule has 0 aliphatic rings. The zero-order chi connectivity index (χ0) is 3.41. The SMILES string of the molecule is C/[SiH]=C/S. The summed E-state index contributed by atoms with van der Waals surface area (Å²) in [6.07, 6.45) is 0. The van der Waals surface area contributed by atoms with Crippen LogP contribution in [0.2, 0.25) is 6.55 Å². The monoisotopic (exact) mass is 90.0 g/mol. The first kappa shape index (κ1) is 4.44. The maximum absolute atomic E-state index is 3.83. The van der Waals surface area contributed by atoms with Crippen LogP contribution in [0.15, 0.2) is 0 Å². The van der Waals surface area contributed by atoms with Crippen LogP contribution in [-0.2, 0) is 0 Å². The smallest absolute Gasteiger partial charge is 0.00209 e. The number of hydrogen-bond donors (Lipinski definition) is 1. The van der Waals surface area contributed by atoms with Gasteiger partial charge in [-0.3, -0.25) is 0 Å². The van der Waals surface area contributed by atoms with Crippen molar-refractivity contribution in [1.82, 2.24) is 0 Å². The van der Waals surface area contributed by atoms with Crippen molar-refractivity contribution in [1.29, 1.82) is 0 Å². The molecule has 0 nitrogen and oxygen atoms in total. The largest absolute Gasteiger partial charge is 0.157 e. The Kier molecular flexibility index (Phi) is 3.81. The van der Waals surface area contributed by atoms with Gasteiger partial charge in [0.1, 0.15) is 0 Å². The fourth-order valence-electron chi connectivity index (χ4n) is 0. The molecule has 0 aliphatic heterocycles. The van der Waals surface area contributed by atoms with E-state index in [4.69, 9.17) is 0 Å². The summed E-state index contributed by atoms with van der Waals surface area (Å²) in [6, 6.07) is 0. The Labute approximate surface area is 34.1 Å². The molecule has 0 fully saturated rings. The Morgan fingerprint density at radius 1 is 2.00 bits per heavy atom. The highest BCUT2D eigenvalue weighted by molar-refractivity contribution is 7.96. The van der Waals surface area contributed by atoms with Crippen molar-refractivity contribution in [2.24, 2.45) is 0 Å². The standard InChI is InChI=1S/C2H6SSi/c1-4-2-3/h2-4H,1H3/b4-2+. The summed E-state index contributed by atoms with van der Waals surface area (Å²) in [5, 5.41) is 1.90. The number of hydrogen-bond acceptors (Lipinski definition) is 1. The van der Waals surface area contributed by atoms with Gasteiger partial charge in [-0.2, -0.15) is 12.6 Å². The third-order valence-electron chi connectivity index (χ3n) is 0.149. The van der Waals surface area contributed by atoms with Crippen molar-refractivity contribution < 1.29 is 0 Å². The van der Waals surface area contributed by atoms with Crippen LogP contribution >= 0.6 is 12.6 Å². The van der Waals surface area contributed by atoms with Gasteiger partial charge in [-0.1, -0.05) is 11.6 Å². The Morgan fingerprint density at radius 2 is 2.25 bits per heavy atom. The van der Waals surface area contributed by atoms with Gasteiger partial charge < -0.3 is 0 Å². The maximum Gasteiger partial charge on any atom is -0.00209 e. The van der Waals surface area contributed by atoms with Crippen molar-refractivity contribution in [2.75, 3.05) is 0 Å². The van der Waals surface area contributed by atoms with Crippen LogP contribution in [-0.4, -0.2) is 14.1 Å². The van der Waals surface area contributed by atoms with E-state index in [0.717, 1.165) is 0 Å². The lowest BCUT2D eigenvalue weighted by Crippen LogP contribution is -1.55. The van der Waals surface area contributed by atoms with Crippen molar-refractivity contribution in [3.63, 3.8) is 0 Å². The second-order valence-electron chi connectivity index (χ2n) is 0.482. The molecule has 0 aromatic carbocycles. The molecule has 24 valence electrons. The summed E-state index contributed by atoms with van der Waals surface area (Å²) in [5.74, 6) is 0. The normalized spacial score (nSPS) is 9.50. The molecule has 0 N–H and O–H groups in total. The summed E-state index contributed by atoms with van der Waals surface area (Å²) in [4.78, 5) is 0. The van der Waals surface area contributed by atoms with Gasteiger partial charge in [0, 0.05) is 0 Å². The van der Waals surface area contributed by atoms with Gasteiger partial charge in [0.25, 0.3) is 0 Å². The van der Waals surface area contributed by atoms with Crippen LogP contribution in [0.1, 0.15) is 0 Å². The summed E-state index contributed by atoms with van der Waals surface area (Å²) in [5.41, 5.74) is 0. The van der Waals surface area contributed by atoms with Crippen LogP contribution in [0, 0.1) is 0 Å². The summed E-state index contributed by atoms with van der Waals surface area (Å²) < 4.78 is 0. The lowest BCUT2D eigenvalue weighted by atomic mass is 11.9. The van der Waals surface area contributed by atoms with Crippen molar-refractivity contribution >= 4 is 26.8 Å². The van der Waals surface area contributed by atoms with E-state index in [1.54, 1.807) is 0 Å². The summed E-state index contributed by atoms with van der Waals surface area (Å²) in [6.45, 7) is 2.13. The van der Waals surface area contributed by atoms with E-state index in [1.165, 1.54) is 0 Å². The maximum atomic E-state index is 3.83. The van der Waals surface area contributed by atoms with Gasteiger partial charge in [-0.15, -0.1) is 0 Å². The average molecular weight is 90.2 g/mol. The highest BCUT2D eigenvalue weighted by Gasteiger charge is 1.36. The molecule has 0 saturated carbocycles. The number of rotatable bonds is 0. The third-order valence-corrected chi connectivity index (χ3v) is 1.34. The van der Waals surface area contributed by atoms with Crippen molar-refractivity contribution in [2.45, 2.75) is 6.55 Å². The molecule has 0 rings (SSSR count). The fraction of sp³-hybridized carbons (Fsp3) is 0.500. The van der Waals surface area contributed by atoms with Crippen LogP contribution in [0.25, 0.3) is 0 Å². The molecular formula is C2H6SSi. The Balaban J connectivity index is 2.55. The van der Waals surface area contributed by atoms with E-state index in [-0.39, 0.29) is 0 Å². The van der Waals surface area contributed by atoms with E-state index in [9.17, 15) is 0 Å². The fourth-order valence-corrected chi connectivity index (χ4v) is 0. The highest BCUT2D eigenvalue weighted by atomic mass is 32.1. The summed E-state index contributed by atoms with van der Waals surface area (Å²) >= 11 is 3.83. The van der Waals surface area contributed by atoms with Gasteiger partial charge in [0.05, 0.1) is 0 Å². The first-order valence-corrected chi connectivity index (χ1v) is 3.51. The second kappa shape index (κ2) is 3.44. The molecule has 0 bridgehead atoms. The zero-order valence-corrected chi connectivity index (χ0v) is 4.65. The van der Waals surface area contributed by atoms with Crippen LogP contribution in [0.5, 0.6) is 0 Å². The zero-order valence-electron chi connectivity index (χ0n) is 2.60. The van der Waals surface area contributed by atoms with Crippen LogP contribution in [0.3, 0.4) is 0 Å². The lowest BCUT2D eigenvalue weighted by molar-refractivity contribution is 2.38. The molecule has 0 aromatic rings. The van der Waals surface area contributed by atoms with Crippen LogP contribution in [0.4, 0.5) is 0 Å².